The van der Waals surface area contributed by atoms with Crippen LogP contribution in [0.3, 0.4) is 0 Å². The summed E-state index contributed by atoms with van der Waals surface area (Å²) in [7, 11) is 0. The summed E-state index contributed by atoms with van der Waals surface area (Å²) >= 11 is 0. The molecular formula is C15H16FNO. The van der Waals surface area contributed by atoms with Crippen LogP contribution in [-0.2, 0) is 0 Å². The summed E-state index contributed by atoms with van der Waals surface area (Å²) in [5.41, 5.74) is 2.98. The first-order chi connectivity index (χ1) is 8.69. The average Bonchev–Trinajstić information content (AvgIpc) is 2.39. The van der Waals surface area contributed by atoms with Gasteiger partial charge in [-0.05, 0) is 36.8 Å². The lowest BCUT2D eigenvalue weighted by Crippen LogP contribution is -2.14. The average molecular weight is 245 g/mol. The Balaban J connectivity index is 2.14. The zero-order valence-electron chi connectivity index (χ0n) is 10.2. The van der Waals surface area contributed by atoms with Crippen molar-refractivity contribution in [3.63, 3.8) is 0 Å². The van der Waals surface area contributed by atoms with Crippen LogP contribution in [0, 0.1) is 12.7 Å². The number of anilines is 1. The zero-order valence-corrected chi connectivity index (χ0v) is 10.2. The summed E-state index contributed by atoms with van der Waals surface area (Å²) in [6.45, 7) is 1.98. The van der Waals surface area contributed by atoms with E-state index in [4.69, 9.17) is 0 Å². The van der Waals surface area contributed by atoms with Crippen molar-refractivity contribution >= 4 is 5.69 Å². The normalized spacial score (nSPS) is 12.2. The number of hydrogen-bond donors (Lipinski definition) is 2. The highest BCUT2D eigenvalue weighted by molar-refractivity contribution is 5.46. The minimum Gasteiger partial charge on any atom is -0.394 e. The van der Waals surface area contributed by atoms with Crippen LogP contribution in [0.15, 0.2) is 48.5 Å². The summed E-state index contributed by atoms with van der Waals surface area (Å²) in [5.74, 6) is -0.272. The van der Waals surface area contributed by atoms with Gasteiger partial charge in [-0.1, -0.05) is 29.8 Å². The van der Waals surface area contributed by atoms with Crippen molar-refractivity contribution in [1.29, 1.82) is 0 Å². The summed E-state index contributed by atoms with van der Waals surface area (Å²) in [6.07, 6.45) is 0. The second-order valence-corrected chi connectivity index (χ2v) is 4.30. The lowest BCUT2D eigenvalue weighted by atomic mass is 10.1. The van der Waals surface area contributed by atoms with Gasteiger partial charge in [-0.15, -0.1) is 0 Å². The maximum Gasteiger partial charge on any atom is 0.123 e. The van der Waals surface area contributed by atoms with Crippen molar-refractivity contribution in [1.82, 2.24) is 0 Å². The molecule has 0 heterocycles. The molecule has 2 N–H and O–H groups in total. The molecule has 0 saturated carbocycles. The van der Waals surface area contributed by atoms with Crippen LogP contribution < -0.4 is 5.32 Å². The third-order valence-corrected chi connectivity index (χ3v) is 2.85. The fraction of sp³-hybridized carbons (Fsp3) is 0.200. The third kappa shape index (κ3) is 3.08. The number of aliphatic hydroxyl groups excluding tert-OH is 1. The van der Waals surface area contributed by atoms with Crippen molar-refractivity contribution in [2.45, 2.75) is 13.0 Å². The first-order valence-electron chi connectivity index (χ1n) is 5.88. The maximum absolute atomic E-state index is 12.8. The molecule has 0 saturated heterocycles. The van der Waals surface area contributed by atoms with Gasteiger partial charge in [-0.3, -0.25) is 0 Å². The van der Waals surface area contributed by atoms with Gasteiger partial charge in [0.25, 0.3) is 0 Å². The topological polar surface area (TPSA) is 32.3 Å². The highest BCUT2D eigenvalue weighted by Gasteiger charge is 2.09. The maximum atomic E-state index is 12.8. The van der Waals surface area contributed by atoms with E-state index in [0.717, 1.165) is 11.3 Å². The fourth-order valence-electron chi connectivity index (χ4n) is 1.78. The lowest BCUT2D eigenvalue weighted by molar-refractivity contribution is 0.276. The fourth-order valence-corrected chi connectivity index (χ4v) is 1.78. The molecule has 1 unspecified atom stereocenters. The van der Waals surface area contributed by atoms with Crippen LogP contribution in [-0.4, -0.2) is 11.7 Å². The Morgan fingerprint density at radius 3 is 2.22 bits per heavy atom. The molecule has 0 radical (unpaired) electrons. The Bertz CT molecular complexity index is 493. The predicted octanol–water partition coefficient (Wildman–Crippen LogP) is 3.28. The van der Waals surface area contributed by atoms with Gasteiger partial charge in [-0.25, -0.2) is 4.39 Å². The van der Waals surface area contributed by atoms with Gasteiger partial charge in [0.1, 0.15) is 5.82 Å². The largest absolute Gasteiger partial charge is 0.394 e. The molecule has 3 heteroatoms. The number of rotatable bonds is 4. The first-order valence-corrected chi connectivity index (χ1v) is 5.88. The van der Waals surface area contributed by atoms with Gasteiger partial charge in [0.2, 0.25) is 0 Å². The number of benzene rings is 2. The van der Waals surface area contributed by atoms with Gasteiger partial charge in [0, 0.05) is 5.69 Å². The van der Waals surface area contributed by atoms with Crippen LogP contribution in [0.2, 0.25) is 0 Å². The number of nitrogens with one attached hydrogen (secondary N) is 1. The molecule has 0 amide bonds. The van der Waals surface area contributed by atoms with Gasteiger partial charge in [0.15, 0.2) is 0 Å². The molecule has 0 bridgehead atoms. The first kappa shape index (κ1) is 12.6. The molecule has 0 fully saturated rings. The molecule has 0 aliphatic rings. The van der Waals surface area contributed by atoms with Crippen molar-refractivity contribution in [3.8, 4) is 0 Å². The van der Waals surface area contributed by atoms with Crippen LogP contribution in [0.4, 0.5) is 10.1 Å². The van der Waals surface area contributed by atoms with E-state index in [1.165, 1.54) is 17.7 Å². The molecule has 1 atom stereocenters. The highest BCUT2D eigenvalue weighted by atomic mass is 19.1. The number of halogens is 1. The zero-order chi connectivity index (χ0) is 13.0. The van der Waals surface area contributed by atoms with E-state index in [0.29, 0.717) is 0 Å². The Kier molecular flexibility index (Phi) is 3.95. The quantitative estimate of drug-likeness (QED) is 0.866. The van der Waals surface area contributed by atoms with E-state index in [2.05, 4.69) is 5.32 Å². The molecule has 0 aliphatic carbocycles. The van der Waals surface area contributed by atoms with Crippen LogP contribution in [0.25, 0.3) is 0 Å². The third-order valence-electron chi connectivity index (χ3n) is 2.85. The van der Waals surface area contributed by atoms with Gasteiger partial charge in [-0.2, -0.15) is 0 Å². The smallest absolute Gasteiger partial charge is 0.123 e. The summed E-state index contributed by atoms with van der Waals surface area (Å²) in [5, 5.41) is 12.6. The minimum atomic E-state index is -0.272. The lowest BCUT2D eigenvalue weighted by Gasteiger charge is -2.18. The minimum absolute atomic E-state index is 0.0422. The molecular weight excluding hydrogens is 229 g/mol. The molecule has 2 aromatic rings. The molecule has 18 heavy (non-hydrogen) atoms. The van der Waals surface area contributed by atoms with Gasteiger partial charge < -0.3 is 10.4 Å². The highest BCUT2D eigenvalue weighted by Crippen LogP contribution is 2.19. The molecule has 0 spiro atoms. The van der Waals surface area contributed by atoms with E-state index >= 15 is 0 Å². The molecule has 2 rings (SSSR count). The van der Waals surface area contributed by atoms with E-state index in [-0.39, 0.29) is 18.5 Å². The van der Waals surface area contributed by atoms with Gasteiger partial charge in [0.05, 0.1) is 12.6 Å². The molecule has 2 nitrogen and oxygen atoms in total. The van der Waals surface area contributed by atoms with E-state index in [1.54, 1.807) is 12.1 Å². The number of hydrogen-bond acceptors (Lipinski definition) is 2. The van der Waals surface area contributed by atoms with Crippen molar-refractivity contribution in [2.24, 2.45) is 0 Å². The second kappa shape index (κ2) is 5.65. The van der Waals surface area contributed by atoms with Crippen molar-refractivity contribution in [2.75, 3.05) is 11.9 Å². The second-order valence-electron chi connectivity index (χ2n) is 4.30. The SMILES string of the molecule is Cc1ccc(NC(CO)c2ccc(F)cc2)cc1. The van der Waals surface area contributed by atoms with Gasteiger partial charge >= 0.3 is 0 Å². The Morgan fingerprint density at radius 1 is 1.06 bits per heavy atom. The van der Waals surface area contributed by atoms with E-state index < -0.39 is 0 Å². The number of aliphatic hydroxyl groups is 1. The standard InChI is InChI=1S/C15H16FNO/c1-11-2-8-14(9-3-11)17-15(10-18)12-4-6-13(16)7-5-12/h2-9,15,17-18H,10H2,1H3. The molecule has 2 aromatic carbocycles. The summed E-state index contributed by atoms with van der Waals surface area (Å²) in [6, 6.07) is 13.8. The van der Waals surface area contributed by atoms with Crippen LogP contribution in [0.1, 0.15) is 17.2 Å². The van der Waals surface area contributed by atoms with E-state index in [1.807, 2.05) is 31.2 Å². The Morgan fingerprint density at radius 2 is 1.67 bits per heavy atom. The summed E-state index contributed by atoms with van der Waals surface area (Å²) < 4.78 is 12.8. The van der Waals surface area contributed by atoms with E-state index in [9.17, 15) is 9.50 Å². The van der Waals surface area contributed by atoms with Crippen LogP contribution >= 0.6 is 0 Å². The Hall–Kier alpha value is -1.87. The van der Waals surface area contributed by atoms with Crippen molar-refractivity contribution in [3.05, 3.63) is 65.5 Å². The predicted molar refractivity (Wildman–Crippen MR) is 71.0 cm³/mol. The Labute approximate surface area is 106 Å². The number of aryl methyl sites for hydroxylation is 1. The summed E-state index contributed by atoms with van der Waals surface area (Å²) in [4.78, 5) is 0. The van der Waals surface area contributed by atoms with Crippen LogP contribution in [0.5, 0.6) is 0 Å². The molecule has 0 aliphatic heterocycles. The molecule has 94 valence electrons. The van der Waals surface area contributed by atoms with Crippen molar-refractivity contribution < 1.29 is 9.50 Å². The monoisotopic (exact) mass is 245 g/mol. The molecule has 0 aromatic heterocycles.